The van der Waals surface area contributed by atoms with Crippen LogP contribution in [-0.4, -0.2) is 47.9 Å². The van der Waals surface area contributed by atoms with Gasteiger partial charge in [-0.3, -0.25) is 9.59 Å². The molecule has 9 nitrogen and oxygen atoms in total. The third-order valence-corrected chi connectivity index (χ3v) is 7.08. The van der Waals surface area contributed by atoms with Crippen molar-refractivity contribution in [3.63, 3.8) is 0 Å². The summed E-state index contributed by atoms with van der Waals surface area (Å²) in [5.41, 5.74) is 2.18. The Bertz CT molecular complexity index is 1320. The molecule has 3 N–H and O–H groups in total. The van der Waals surface area contributed by atoms with Crippen LogP contribution >= 0.6 is 23.2 Å². The highest BCUT2D eigenvalue weighted by Gasteiger charge is 2.42. The Morgan fingerprint density at radius 1 is 0.900 bits per heavy atom. The second-order valence-electron chi connectivity index (χ2n) is 9.17. The highest BCUT2D eigenvalue weighted by atomic mass is 35.5. The number of hydrogen-bond acceptors (Lipinski definition) is 6. The van der Waals surface area contributed by atoms with E-state index < -0.39 is 36.0 Å². The SMILES string of the molecule is CC(NC(=O)C1OCOC1C(=O)NC(Cc1ccc(OCc2c(Cl)cccc2Cl)cc1)C(=O)O)c1ccccc1. The van der Waals surface area contributed by atoms with Gasteiger partial charge in [0.1, 0.15) is 25.2 Å². The van der Waals surface area contributed by atoms with E-state index >= 15 is 0 Å². The summed E-state index contributed by atoms with van der Waals surface area (Å²) in [6.45, 7) is 1.70. The van der Waals surface area contributed by atoms with E-state index in [1.165, 1.54) is 0 Å². The van der Waals surface area contributed by atoms with Crippen LogP contribution in [0.25, 0.3) is 0 Å². The van der Waals surface area contributed by atoms with E-state index in [0.29, 0.717) is 26.9 Å². The van der Waals surface area contributed by atoms with E-state index in [2.05, 4.69) is 10.6 Å². The summed E-state index contributed by atoms with van der Waals surface area (Å²) in [5, 5.41) is 16.0. The summed E-state index contributed by atoms with van der Waals surface area (Å²) in [7, 11) is 0. The van der Waals surface area contributed by atoms with E-state index in [1.807, 2.05) is 30.3 Å². The van der Waals surface area contributed by atoms with Crippen LogP contribution in [0, 0.1) is 0 Å². The standard InChI is InChI=1S/C29H28Cl2N2O7/c1-17(19-6-3-2-4-7-19)32-27(34)25-26(40-16-39-25)28(35)33-24(29(36)37)14-18-10-12-20(13-11-18)38-15-21-22(30)8-5-9-23(21)31/h2-13,17,24-26H,14-16H2,1H3,(H,32,34)(H,33,35)(H,36,37). The van der Waals surface area contributed by atoms with Crippen LogP contribution in [0.1, 0.15) is 29.7 Å². The van der Waals surface area contributed by atoms with E-state index in [1.54, 1.807) is 49.4 Å². The maximum absolute atomic E-state index is 12.9. The average Bonchev–Trinajstić information content (AvgIpc) is 3.44. The molecule has 0 spiro atoms. The Morgan fingerprint density at radius 2 is 1.50 bits per heavy atom. The monoisotopic (exact) mass is 586 g/mol. The van der Waals surface area contributed by atoms with Gasteiger partial charge >= 0.3 is 5.97 Å². The number of amides is 2. The first kappa shape index (κ1) is 29.4. The fraction of sp³-hybridized carbons (Fsp3) is 0.276. The molecule has 0 radical (unpaired) electrons. The number of benzene rings is 3. The third-order valence-electron chi connectivity index (χ3n) is 6.37. The van der Waals surface area contributed by atoms with Gasteiger partial charge in [-0.15, -0.1) is 0 Å². The molecule has 4 unspecified atom stereocenters. The van der Waals surface area contributed by atoms with Gasteiger partial charge in [0.05, 0.1) is 6.04 Å². The molecule has 0 aromatic heterocycles. The molecule has 4 atom stereocenters. The number of aliphatic carboxylic acids is 1. The lowest BCUT2D eigenvalue weighted by atomic mass is 10.0. The van der Waals surface area contributed by atoms with Gasteiger partial charge in [0.25, 0.3) is 11.8 Å². The van der Waals surface area contributed by atoms with Crippen molar-refractivity contribution in [2.75, 3.05) is 6.79 Å². The average molecular weight is 587 g/mol. The number of halogens is 2. The molecule has 1 aliphatic rings. The summed E-state index contributed by atoms with van der Waals surface area (Å²) in [4.78, 5) is 37.7. The number of ether oxygens (including phenoxy) is 3. The van der Waals surface area contributed by atoms with Crippen molar-refractivity contribution in [1.29, 1.82) is 0 Å². The van der Waals surface area contributed by atoms with Crippen molar-refractivity contribution in [3.8, 4) is 5.75 Å². The van der Waals surface area contributed by atoms with Gasteiger partial charge in [-0.05, 0) is 42.3 Å². The van der Waals surface area contributed by atoms with Gasteiger partial charge in [-0.2, -0.15) is 0 Å². The largest absolute Gasteiger partial charge is 0.489 e. The van der Waals surface area contributed by atoms with Crippen LogP contribution in [-0.2, 0) is 36.9 Å². The lowest BCUT2D eigenvalue weighted by Crippen LogP contribution is -2.52. The molecule has 2 amide bonds. The molecule has 1 saturated heterocycles. The molecular formula is C29H28Cl2N2O7. The van der Waals surface area contributed by atoms with Crippen molar-refractivity contribution in [3.05, 3.63) is 99.5 Å². The minimum absolute atomic E-state index is 0.00677. The molecule has 210 valence electrons. The number of rotatable bonds is 11. The van der Waals surface area contributed by atoms with Crippen molar-refractivity contribution in [2.24, 2.45) is 0 Å². The molecule has 3 aromatic rings. The highest BCUT2D eigenvalue weighted by Crippen LogP contribution is 2.26. The van der Waals surface area contributed by atoms with Crippen molar-refractivity contribution >= 4 is 41.0 Å². The smallest absolute Gasteiger partial charge is 0.326 e. The van der Waals surface area contributed by atoms with Gasteiger partial charge < -0.3 is 30.0 Å². The minimum atomic E-state index is -1.29. The molecule has 40 heavy (non-hydrogen) atoms. The van der Waals surface area contributed by atoms with E-state index in [-0.39, 0.29) is 25.9 Å². The molecule has 11 heteroatoms. The molecular weight excluding hydrogens is 559 g/mol. The topological polar surface area (TPSA) is 123 Å². The Balaban J connectivity index is 1.33. The molecule has 1 fully saturated rings. The summed E-state index contributed by atoms with van der Waals surface area (Å²) in [6.07, 6.45) is -2.52. The quantitative estimate of drug-likeness (QED) is 0.306. The maximum atomic E-state index is 12.9. The van der Waals surface area contributed by atoms with Gasteiger partial charge in [0.2, 0.25) is 0 Å². The first-order valence-corrected chi connectivity index (χ1v) is 13.2. The Labute approximate surface area is 241 Å². The Morgan fingerprint density at radius 3 is 2.10 bits per heavy atom. The number of hydrogen-bond donors (Lipinski definition) is 3. The first-order valence-electron chi connectivity index (χ1n) is 12.5. The number of carbonyl (C=O) groups excluding carboxylic acids is 2. The van der Waals surface area contributed by atoms with Gasteiger partial charge in [0, 0.05) is 22.0 Å². The normalized spacial score (nSPS) is 18.0. The zero-order valence-corrected chi connectivity index (χ0v) is 23.0. The Hall–Kier alpha value is -3.63. The molecule has 4 rings (SSSR count). The fourth-order valence-corrected chi connectivity index (χ4v) is 4.65. The zero-order valence-electron chi connectivity index (χ0n) is 21.5. The second kappa shape index (κ2) is 13.6. The molecule has 0 aliphatic carbocycles. The summed E-state index contributed by atoms with van der Waals surface area (Å²) >= 11 is 12.4. The molecule has 0 bridgehead atoms. The zero-order chi connectivity index (χ0) is 28.6. The van der Waals surface area contributed by atoms with Crippen molar-refractivity contribution in [2.45, 2.75) is 44.2 Å². The van der Waals surface area contributed by atoms with Crippen LogP contribution in [0.2, 0.25) is 10.0 Å². The van der Waals surface area contributed by atoms with Crippen LogP contribution in [0.3, 0.4) is 0 Å². The number of nitrogens with one attached hydrogen (secondary N) is 2. The number of carbonyl (C=O) groups is 3. The van der Waals surface area contributed by atoms with Crippen LogP contribution < -0.4 is 15.4 Å². The van der Waals surface area contributed by atoms with E-state index in [0.717, 1.165) is 5.56 Å². The van der Waals surface area contributed by atoms with Crippen LogP contribution in [0.15, 0.2) is 72.8 Å². The van der Waals surface area contributed by atoms with Crippen LogP contribution in [0.5, 0.6) is 5.75 Å². The van der Waals surface area contributed by atoms with Gasteiger partial charge in [-0.1, -0.05) is 71.7 Å². The number of carboxylic acid groups (broad SMARTS) is 1. The van der Waals surface area contributed by atoms with E-state index in [9.17, 15) is 19.5 Å². The predicted octanol–water partition coefficient (Wildman–Crippen LogP) is 4.30. The second-order valence-corrected chi connectivity index (χ2v) is 9.98. The van der Waals surface area contributed by atoms with E-state index in [4.69, 9.17) is 37.4 Å². The summed E-state index contributed by atoms with van der Waals surface area (Å²) in [5.74, 6) is -1.99. The van der Waals surface area contributed by atoms with Gasteiger partial charge in [0.15, 0.2) is 12.2 Å². The highest BCUT2D eigenvalue weighted by molar-refractivity contribution is 6.35. The predicted molar refractivity (Wildman–Crippen MR) is 148 cm³/mol. The minimum Gasteiger partial charge on any atom is -0.489 e. The third kappa shape index (κ3) is 7.51. The summed E-state index contributed by atoms with van der Waals surface area (Å²) in [6, 6.07) is 19.7. The molecule has 3 aromatic carbocycles. The molecule has 1 aliphatic heterocycles. The lowest BCUT2D eigenvalue weighted by Gasteiger charge is -2.21. The van der Waals surface area contributed by atoms with Crippen molar-refractivity contribution in [1.82, 2.24) is 10.6 Å². The first-order chi connectivity index (χ1) is 19.2. The number of carboxylic acids is 1. The van der Waals surface area contributed by atoms with Gasteiger partial charge in [-0.25, -0.2) is 4.79 Å². The lowest BCUT2D eigenvalue weighted by molar-refractivity contribution is -0.144. The summed E-state index contributed by atoms with van der Waals surface area (Å²) < 4.78 is 16.5. The molecule has 1 heterocycles. The van der Waals surface area contributed by atoms with Crippen molar-refractivity contribution < 1.29 is 33.7 Å². The maximum Gasteiger partial charge on any atom is 0.326 e. The van der Waals surface area contributed by atoms with Crippen LogP contribution in [0.4, 0.5) is 0 Å². The Kier molecular flexibility index (Phi) is 10.0. The molecule has 0 saturated carbocycles. The fourth-order valence-electron chi connectivity index (χ4n) is 4.14.